The maximum absolute atomic E-state index is 12.3. The van der Waals surface area contributed by atoms with Gasteiger partial charge in [-0.3, -0.25) is 9.59 Å². The first-order valence-electron chi connectivity index (χ1n) is 14.2. The predicted octanol–water partition coefficient (Wildman–Crippen LogP) is -0.817. The summed E-state index contributed by atoms with van der Waals surface area (Å²) in [6.07, 6.45) is 0.870. The van der Waals surface area contributed by atoms with Crippen molar-refractivity contribution in [2.45, 2.75) is 32.4 Å². The molecule has 41 heavy (non-hydrogen) atoms. The third kappa shape index (κ3) is 25.7. The average molecular weight is 596 g/mol. The van der Waals surface area contributed by atoms with Gasteiger partial charge in [0.1, 0.15) is 12.3 Å². The minimum Gasteiger partial charge on any atom is -0.382 e. The zero-order valence-electron chi connectivity index (χ0n) is 25.3. The van der Waals surface area contributed by atoms with Crippen molar-refractivity contribution in [3.63, 3.8) is 0 Å². The molecule has 242 valence electrons. The summed E-state index contributed by atoms with van der Waals surface area (Å²) < 4.78 is 42.7. The molecule has 0 aliphatic rings. The summed E-state index contributed by atoms with van der Waals surface area (Å²) >= 11 is 0. The summed E-state index contributed by atoms with van der Waals surface area (Å²) in [7, 11) is 3.25. The van der Waals surface area contributed by atoms with Crippen LogP contribution in [-0.4, -0.2) is 150 Å². The molecule has 0 aromatic heterocycles. The first kappa shape index (κ1) is 39.2. The van der Waals surface area contributed by atoms with Crippen molar-refractivity contribution in [2.75, 3.05) is 120 Å². The van der Waals surface area contributed by atoms with Crippen molar-refractivity contribution >= 4 is 18.1 Å². The number of hydrogen-bond acceptors (Lipinski definition) is 12. The number of likely N-dealkylation sites (N-methyl/N-ethyl adjacent to an activating group) is 1. The Morgan fingerprint density at radius 3 is 1.39 bits per heavy atom. The second-order valence-electron chi connectivity index (χ2n) is 9.09. The summed E-state index contributed by atoms with van der Waals surface area (Å²) in [4.78, 5) is 35.4. The van der Waals surface area contributed by atoms with Crippen LogP contribution in [0.2, 0.25) is 0 Å². The van der Waals surface area contributed by atoms with Gasteiger partial charge in [-0.05, 0) is 13.0 Å². The van der Waals surface area contributed by atoms with E-state index in [1.165, 1.54) is 0 Å². The van der Waals surface area contributed by atoms with E-state index in [0.29, 0.717) is 98.8 Å². The normalized spacial score (nSPS) is 12.8. The van der Waals surface area contributed by atoms with Gasteiger partial charge < -0.3 is 58.6 Å². The summed E-state index contributed by atoms with van der Waals surface area (Å²) in [6.45, 7) is 10.8. The van der Waals surface area contributed by atoms with E-state index in [-0.39, 0.29) is 37.3 Å². The fourth-order valence-electron chi connectivity index (χ4n) is 2.98. The minimum atomic E-state index is -0.643. The van der Waals surface area contributed by atoms with Crippen LogP contribution in [0.5, 0.6) is 0 Å². The standard InChI is InChI=1S/C27H53N3O11/c1-23(2)25(22-31)30-27(33)24(28-3)21-29-26(32)5-6-35-9-10-37-13-14-39-17-18-41-20-19-40-16-15-38-12-11-36-8-7-34-4/h22-25,28H,5-21H2,1-4H3,(H,29,32)(H,30,33)/t24-,25+/m0/s1. The maximum Gasteiger partial charge on any atom is 0.239 e. The van der Waals surface area contributed by atoms with E-state index in [2.05, 4.69) is 16.0 Å². The van der Waals surface area contributed by atoms with Gasteiger partial charge >= 0.3 is 0 Å². The van der Waals surface area contributed by atoms with Gasteiger partial charge in [-0.15, -0.1) is 0 Å². The third-order valence-corrected chi connectivity index (χ3v) is 5.48. The molecule has 0 aromatic carbocycles. The Labute approximate surface area is 244 Å². The summed E-state index contributed by atoms with van der Waals surface area (Å²) in [6, 6.07) is -1.21. The second kappa shape index (κ2) is 29.7. The van der Waals surface area contributed by atoms with E-state index in [1.807, 2.05) is 13.8 Å². The highest BCUT2D eigenvalue weighted by Gasteiger charge is 2.22. The Morgan fingerprint density at radius 1 is 0.659 bits per heavy atom. The highest BCUT2D eigenvalue weighted by Crippen LogP contribution is 1.99. The van der Waals surface area contributed by atoms with Gasteiger partial charge in [-0.25, -0.2) is 0 Å². The molecule has 2 atom stereocenters. The van der Waals surface area contributed by atoms with Gasteiger partial charge in [0.2, 0.25) is 11.8 Å². The molecule has 3 N–H and O–H groups in total. The van der Waals surface area contributed by atoms with Crippen LogP contribution >= 0.6 is 0 Å². The zero-order chi connectivity index (χ0) is 30.4. The van der Waals surface area contributed by atoms with Gasteiger partial charge in [0.15, 0.2) is 0 Å². The van der Waals surface area contributed by atoms with Crippen LogP contribution < -0.4 is 16.0 Å². The molecule has 0 unspecified atom stereocenters. The Balaban J connectivity index is 3.43. The number of amides is 2. The number of methoxy groups -OCH3 is 1. The van der Waals surface area contributed by atoms with E-state index in [9.17, 15) is 14.4 Å². The lowest BCUT2D eigenvalue weighted by Crippen LogP contribution is -2.53. The maximum atomic E-state index is 12.3. The molecular formula is C27H53N3O11. The number of nitrogens with one attached hydrogen (secondary N) is 3. The molecule has 0 heterocycles. The van der Waals surface area contributed by atoms with E-state index in [1.54, 1.807) is 14.2 Å². The van der Waals surface area contributed by atoms with Crippen LogP contribution in [0.25, 0.3) is 0 Å². The van der Waals surface area contributed by atoms with Crippen molar-refractivity contribution in [3.8, 4) is 0 Å². The highest BCUT2D eigenvalue weighted by atomic mass is 16.6. The number of rotatable bonds is 31. The molecule has 0 saturated carbocycles. The fourth-order valence-corrected chi connectivity index (χ4v) is 2.98. The molecular weight excluding hydrogens is 542 g/mol. The molecule has 0 fully saturated rings. The molecule has 0 bridgehead atoms. The topological polar surface area (TPSA) is 161 Å². The molecule has 0 spiro atoms. The number of aldehydes is 1. The molecule has 0 aliphatic carbocycles. The molecule has 0 aromatic rings. The van der Waals surface area contributed by atoms with Crippen molar-refractivity contribution in [3.05, 3.63) is 0 Å². The molecule has 2 amide bonds. The fraction of sp³-hybridized carbons (Fsp3) is 0.889. The van der Waals surface area contributed by atoms with Crippen LogP contribution in [0.1, 0.15) is 20.3 Å². The Hall–Kier alpha value is -1.75. The van der Waals surface area contributed by atoms with Gasteiger partial charge in [-0.2, -0.15) is 0 Å². The van der Waals surface area contributed by atoms with Crippen molar-refractivity contribution < 1.29 is 52.3 Å². The molecule has 14 heteroatoms. The first-order valence-corrected chi connectivity index (χ1v) is 14.2. The second-order valence-corrected chi connectivity index (χ2v) is 9.09. The molecule has 14 nitrogen and oxygen atoms in total. The molecule has 0 rings (SSSR count). The van der Waals surface area contributed by atoms with E-state index in [4.69, 9.17) is 37.9 Å². The smallest absolute Gasteiger partial charge is 0.239 e. The van der Waals surface area contributed by atoms with Crippen molar-refractivity contribution in [1.82, 2.24) is 16.0 Å². The van der Waals surface area contributed by atoms with Crippen LogP contribution in [0, 0.1) is 5.92 Å². The zero-order valence-corrected chi connectivity index (χ0v) is 25.3. The first-order chi connectivity index (χ1) is 20.0. The SMILES string of the molecule is CN[C@@H](CNC(=O)CCOCCOCCOCCOCCOCCOCCOCCOC)C(=O)N[C@H](C=O)C(C)C. The Bertz CT molecular complexity index is 629. The van der Waals surface area contributed by atoms with Crippen molar-refractivity contribution in [1.29, 1.82) is 0 Å². The number of ether oxygens (including phenoxy) is 8. The van der Waals surface area contributed by atoms with Crippen LogP contribution in [0.15, 0.2) is 0 Å². The monoisotopic (exact) mass is 595 g/mol. The van der Waals surface area contributed by atoms with Gasteiger partial charge in [0.25, 0.3) is 0 Å². The largest absolute Gasteiger partial charge is 0.382 e. The summed E-state index contributed by atoms with van der Waals surface area (Å²) in [5.74, 6) is -0.599. The van der Waals surface area contributed by atoms with Crippen LogP contribution in [-0.2, 0) is 52.3 Å². The van der Waals surface area contributed by atoms with E-state index < -0.39 is 12.1 Å². The van der Waals surface area contributed by atoms with Gasteiger partial charge in [0, 0.05) is 20.1 Å². The Morgan fingerprint density at radius 2 is 1.05 bits per heavy atom. The highest BCUT2D eigenvalue weighted by molar-refractivity contribution is 5.85. The molecule has 0 saturated heterocycles. The lowest BCUT2D eigenvalue weighted by atomic mass is 10.1. The predicted molar refractivity (Wildman–Crippen MR) is 151 cm³/mol. The summed E-state index contributed by atoms with van der Waals surface area (Å²) in [5, 5.41) is 8.20. The van der Waals surface area contributed by atoms with E-state index in [0.717, 1.165) is 0 Å². The van der Waals surface area contributed by atoms with Gasteiger partial charge in [-0.1, -0.05) is 13.8 Å². The van der Waals surface area contributed by atoms with E-state index >= 15 is 0 Å². The number of hydrogen-bond donors (Lipinski definition) is 3. The lowest BCUT2D eigenvalue weighted by Gasteiger charge is -2.21. The third-order valence-electron chi connectivity index (χ3n) is 5.48. The van der Waals surface area contributed by atoms with Gasteiger partial charge in [0.05, 0.1) is 105 Å². The molecule has 0 radical (unpaired) electrons. The molecule has 0 aliphatic heterocycles. The lowest BCUT2D eigenvalue weighted by molar-refractivity contribution is -0.127. The van der Waals surface area contributed by atoms with Crippen molar-refractivity contribution in [2.24, 2.45) is 5.92 Å². The van der Waals surface area contributed by atoms with Crippen LogP contribution in [0.4, 0.5) is 0 Å². The van der Waals surface area contributed by atoms with Crippen LogP contribution in [0.3, 0.4) is 0 Å². The quantitative estimate of drug-likeness (QED) is 0.0676. The average Bonchev–Trinajstić information content (AvgIpc) is 2.96. The minimum absolute atomic E-state index is 0.0198. The Kier molecular flexibility index (Phi) is 28.5. The summed E-state index contributed by atoms with van der Waals surface area (Å²) in [5.41, 5.74) is 0. The number of carbonyl (C=O) groups excluding carboxylic acids is 3. The number of carbonyl (C=O) groups is 3.